The maximum atomic E-state index is 8.87. The average molecular weight is 248 g/mol. The van der Waals surface area contributed by atoms with Crippen LogP contribution in [0, 0.1) is 0 Å². The molecule has 100 valence electrons. The molecule has 0 amide bonds. The van der Waals surface area contributed by atoms with E-state index in [1.165, 1.54) is 24.9 Å². The van der Waals surface area contributed by atoms with E-state index in [0.717, 1.165) is 6.54 Å². The zero-order chi connectivity index (χ0) is 12.8. The zero-order valence-electron chi connectivity index (χ0n) is 11.2. The van der Waals surface area contributed by atoms with Gasteiger partial charge in [-0.3, -0.25) is 4.90 Å². The summed E-state index contributed by atoms with van der Waals surface area (Å²) >= 11 is 0. The van der Waals surface area contributed by atoms with Crippen molar-refractivity contribution in [2.75, 3.05) is 26.2 Å². The number of nitrogens with zero attached hydrogens (tertiary/aromatic N) is 1. The van der Waals surface area contributed by atoms with Gasteiger partial charge >= 0.3 is 0 Å². The first-order chi connectivity index (χ1) is 8.81. The number of benzene rings is 1. The van der Waals surface area contributed by atoms with Crippen molar-refractivity contribution in [1.29, 1.82) is 0 Å². The van der Waals surface area contributed by atoms with Crippen molar-refractivity contribution in [3.8, 4) is 0 Å². The number of hydrogen-bond acceptors (Lipinski definition) is 3. The lowest BCUT2D eigenvalue weighted by molar-refractivity contribution is 0.142. The van der Waals surface area contributed by atoms with Crippen LogP contribution in [0.15, 0.2) is 30.3 Å². The molecule has 0 bridgehead atoms. The maximum Gasteiger partial charge on any atom is 0.0556 e. The minimum absolute atomic E-state index is 0.227. The molecule has 1 aromatic carbocycles. The fourth-order valence-electron chi connectivity index (χ4n) is 2.74. The van der Waals surface area contributed by atoms with Crippen LogP contribution < -0.4 is 5.32 Å². The van der Waals surface area contributed by atoms with E-state index in [4.69, 9.17) is 5.11 Å². The molecule has 2 N–H and O–H groups in total. The average Bonchev–Trinajstić information content (AvgIpc) is 2.45. The summed E-state index contributed by atoms with van der Waals surface area (Å²) in [4.78, 5) is 2.54. The monoisotopic (exact) mass is 248 g/mol. The lowest BCUT2D eigenvalue weighted by Crippen LogP contribution is -2.47. The van der Waals surface area contributed by atoms with E-state index >= 15 is 0 Å². The molecule has 1 heterocycles. The number of aliphatic hydroxyl groups is 1. The maximum absolute atomic E-state index is 8.87. The predicted octanol–water partition coefficient (Wildman–Crippen LogP) is 1.79. The van der Waals surface area contributed by atoms with Crippen molar-refractivity contribution in [3.05, 3.63) is 35.9 Å². The van der Waals surface area contributed by atoms with Gasteiger partial charge in [-0.15, -0.1) is 0 Å². The van der Waals surface area contributed by atoms with Gasteiger partial charge in [0.25, 0.3) is 0 Å². The van der Waals surface area contributed by atoms with Crippen LogP contribution in [0.25, 0.3) is 0 Å². The quantitative estimate of drug-likeness (QED) is 0.834. The standard InChI is InChI=1S/C15H24N2O/c1-13(14-6-3-2-4-7-14)17-10-5-8-15(12-17)16-9-11-18/h2-4,6-7,13,15-16,18H,5,8-12H2,1H3. The molecule has 3 heteroatoms. The van der Waals surface area contributed by atoms with E-state index < -0.39 is 0 Å². The Kier molecular flexibility index (Phi) is 5.17. The zero-order valence-corrected chi connectivity index (χ0v) is 11.2. The second-order valence-electron chi connectivity index (χ2n) is 5.10. The highest BCUT2D eigenvalue weighted by Gasteiger charge is 2.23. The third kappa shape index (κ3) is 3.55. The number of hydrogen-bond donors (Lipinski definition) is 2. The molecule has 1 saturated heterocycles. The van der Waals surface area contributed by atoms with Gasteiger partial charge in [0.2, 0.25) is 0 Å². The second kappa shape index (κ2) is 6.88. The molecule has 1 fully saturated rings. The number of rotatable bonds is 5. The van der Waals surface area contributed by atoms with Crippen LogP contribution in [-0.4, -0.2) is 42.3 Å². The van der Waals surface area contributed by atoms with Crippen LogP contribution >= 0.6 is 0 Å². The molecule has 1 aromatic rings. The minimum Gasteiger partial charge on any atom is -0.395 e. The summed E-state index contributed by atoms with van der Waals surface area (Å²) in [7, 11) is 0. The summed E-state index contributed by atoms with van der Waals surface area (Å²) < 4.78 is 0. The van der Waals surface area contributed by atoms with Crippen LogP contribution in [-0.2, 0) is 0 Å². The molecule has 0 spiro atoms. The Labute approximate surface area is 110 Å². The van der Waals surface area contributed by atoms with Crippen molar-refractivity contribution in [2.45, 2.75) is 31.8 Å². The normalized spacial score (nSPS) is 22.9. The molecule has 2 rings (SSSR count). The SMILES string of the molecule is CC(c1ccccc1)N1CCCC(NCCO)C1. The Balaban J connectivity index is 1.92. The van der Waals surface area contributed by atoms with Crippen LogP contribution in [0.4, 0.5) is 0 Å². The van der Waals surface area contributed by atoms with Crippen molar-refractivity contribution in [1.82, 2.24) is 10.2 Å². The van der Waals surface area contributed by atoms with Gasteiger partial charge in [-0.1, -0.05) is 30.3 Å². The number of nitrogens with one attached hydrogen (secondary N) is 1. The third-order valence-electron chi connectivity index (χ3n) is 3.83. The van der Waals surface area contributed by atoms with Crippen LogP contribution in [0.2, 0.25) is 0 Å². The summed E-state index contributed by atoms with van der Waals surface area (Å²) in [5.74, 6) is 0. The minimum atomic E-state index is 0.227. The second-order valence-corrected chi connectivity index (χ2v) is 5.10. The van der Waals surface area contributed by atoms with E-state index in [-0.39, 0.29) is 6.61 Å². The highest BCUT2D eigenvalue weighted by Crippen LogP contribution is 2.23. The molecule has 0 radical (unpaired) electrons. The van der Waals surface area contributed by atoms with E-state index in [9.17, 15) is 0 Å². The summed E-state index contributed by atoms with van der Waals surface area (Å²) in [6.07, 6.45) is 2.46. The molecule has 0 saturated carbocycles. The molecule has 2 atom stereocenters. The molecular formula is C15H24N2O. The lowest BCUT2D eigenvalue weighted by atomic mass is 10.0. The predicted molar refractivity (Wildman–Crippen MR) is 74.5 cm³/mol. The first kappa shape index (κ1) is 13.5. The van der Waals surface area contributed by atoms with E-state index in [1.54, 1.807) is 0 Å². The molecular weight excluding hydrogens is 224 g/mol. The summed E-state index contributed by atoms with van der Waals surface area (Å²) in [5, 5.41) is 12.3. The van der Waals surface area contributed by atoms with Crippen molar-refractivity contribution < 1.29 is 5.11 Å². The lowest BCUT2D eigenvalue weighted by Gasteiger charge is -2.37. The van der Waals surface area contributed by atoms with Crippen LogP contribution in [0.1, 0.15) is 31.4 Å². The number of likely N-dealkylation sites (tertiary alicyclic amines) is 1. The van der Waals surface area contributed by atoms with E-state index in [1.807, 2.05) is 0 Å². The van der Waals surface area contributed by atoms with Gasteiger partial charge in [-0.05, 0) is 31.9 Å². The molecule has 18 heavy (non-hydrogen) atoms. The Morgan fingerprint density at radius 3 is 2.89 bits per heavy atom. The molecule has 1 aliphatic heterocycles. The van der Waals surface area contributed by atoms with Crippen LogP contribution in [0.3, 0.4) is 0 Å². The Morgan fingerprint density at radius 1 is 1.39 bits per heavy atom. The highest BCUT2D eigenvalue weighted by atomic mass is 16.3. The molecule has 2 unspecified atom stereocenters. The fraction of sp³-hybridized carbons (Fsp3) is 0.600. The fourth-order valence-corrected chi connectivity index (χ4v) is 2.74. The largest absolute Gasteiger partial charge is 0.395 e. The van der Waals surface area contributed by atoms with Crippen molar-refractivity contribution in [2.24, 2.45) is 0 Å². The summed E-state index contributed by atoms with van der Waals surface area (Å²) in [6.45, 7) is 5.47. The van der Waals surface area contributed by atoms with Crippen LogP contribution in [0.5, 0.6) is 0 Å². The topological polar surface area (TPSA) is 35.5 Å². The molecule has 3 nitrogen and oxygen atoms in total. The number of aliphatic hydroxyl groups excluding tert-OH is 1. The van der Waals surface area contributed by atoms with E-state index in [0.29, 0.717) is 18.6 Å². The molecule has 0 aliphatic carbocycles. The van der Waals surface area contributed by atoms with Gasteiger partial charge in [-0.25, -0.2) is 0 Å². The number of piperidine rings is 1. The van der Waals surface area contributed by atoms with E-state index in [2.05, 4.69) is 47.5 Å². The Bertz CT molecular complexity index is 342. The van der Waals surface area contributed by atoms with Gasteiger partial charge in [0, 0.05) is 25.2 Å². The van der Waals surface area contributed by atoms with Gasteiger partial charge in [0.1, 0.15) is 0 Å². The van der Waals surface area contributed by atoms with Gasteiger partial charge in [0.15, 0.2) is 0 Å². The highest BCUT2D eigenvalue weighted by molar-refractivity contribution is 5.18. The summed E-state index contributed by atoms with van der Waals surface area (Å²) in [5.41, 5.74) is 1.39. The Hall–Kier alpha value is -0.900. The van der Waals surface area contributed by atoms with Gasteiger partial charge in [0.05, 0.1) is 6.61 Å². The van der Waals surface area contributed by atoms with Gasteiger partial charge < -0.3 is 10.4 Å². The third-order valence-corrected chi connectivity index (χ3v) is 3.83. The van der Waals surface area contributed by atoms with Gasteiger partial charge in [-0.2, -0.15) is 0 Å². The molecule has 1 aliphatic rings. The summed E-state index contributed by atoms with van der Waals surface area (Å²) in [6, 6.07) is 11.7. The van der Waals surface area contributed by atoms with Crippen molar-refractivity contribution >= 4 is 0 Å². The Morgan fingerprint density at radius 2 is 2.17 bits per heavy atom. The smallest absolute Gasteiger partial charge is 0.0556 e. The first-order valence-electron chi connectivity index (χ1n) is 6.94. The first-order valence-corrected chi connectivity index (χ1v) is 6.94. The van der Waals surface area contributed by atoms with Crippen molar-refractivity contribution in [3.63, 3.8) is 0 Å². The molecule has 0 aromatic heterocycles.